The Kier molecular flexibility index (Phi) is 2.19. The van der Waals surface area contributed by atoms with Gasteiger partial charge in [0.05, 0.1) is 5.69 Å². The molecule has 0 aliphatic rings. The van der Waals surface area contributed by atoms with Gasteiger partial charge in [-0.25, -0.2) is 14.6 Å². The molecule has 2 rings (SSSR count). The molecule has 0 fully saturated rings. The maximum absolute atomic E-state index is 11.1. The Morgan fingerprint density at radius 1 is 1.27 bits per heavy atom. The number of nitrogens with one attached hydrogen (secondary N) is 1. The Balaban J connectivity index is 2.68. The van der Waals surface area contributed by atoms with Crippen LogP contribution < -0.4 is 5.69 Å². The summed E-state index contributed by atoms with van der Waals surface area (Å²) in [6.07, 6.45) is 0. The number of hydrogen-bond donors (Lipinski definition) is 1. The molecule has 0 bridgehead atoms. The van der Waals surface area contributed by atoms with Crippen molar-refractivity contribution in [2.75, 3.05) is 0 Å². The van der Waals surface area contributed by atoms with Gasteiger partial charge < -0.3 is 0 Å². The first kappa shape index (κ1) is 9.71. The van der Waals surface area contributed by atoms with Crippen LogP contribution in [0.4, 0.5) is 0 Å². The maximum atomic E-state index is 11.1. The van der Waals surface area contributed by atoms with Crippen LogP contribution in [0.1, 0.15) is 17.0 Å². The van der Waals surface area contributed by atoms with Crippen molar-refractivity contribution in [1.29, 1.82) is 0 Å². The van der Waals surface area contributed by atoms with Gasteiger partial charge in [0.25, 0.3) is 0 Å². The molecule has 0 radical (unpaired) electrons. The second-order valence-corrected chi connectivity index (χ2v) is 3.70. The largest absolute Gasteiger partial charge is 0.361 e. The summed E-state index contributed by atoms with van der Waals surface area (Å²) in [4.78, 5) is 14.9. The lowest BCUT2D eigenvalue weighted by Gasteiger charge is -2.08. The van der Waals surface area contributed by atoms with Gasteiger partial charge in [0.2, 0.25) is 0 Å². The predicted molar refractivity (Wildman–Crippen MR) is 58.4 cm³/mol. The lowest BCUT2D eigenvalue weighted by molar-refractivity contribution is 0.824. The molecule has 1 aromatic heterocycles. The average molecular weight is 203 g/mol. The van der Waals surface area contributed by atoms with Crippen molar-refractivity contribution < 1.29 is 0 Å². The van der Waals surface area contributed by atoms with Gasteiger partial charge in [-0.05, 0) is 38.0 Å². The SMILES string of the molecule is Cc1ccc(C)c(-n2[nH]c(=O)nc2C)c1. The molecule has 4 nitrogen and oxygen atoms in total. The van der Waals surface area contributed by atoms with Gasteiger partial charge >= 0.3 is 5.69 Å². The number of aromatic nitrogens is 3. The van der Waals surface area contributed by atoms with E-state index in [2.05, 4.69) is 10.1 Å². The van der Waals surface area contributed by atoms with Crippen molar-refractivity contribution in [2.45, 2.75) is 20.8 Å². The van der Waals surface area contributed by atoms with Gasteiger partial charge in [0, 0.05) is 0 Å². The third kappa shape index (κ3) is 1.70. The zero-order valence-electron chi connectivity index (χ0n) is 9.03. The van der Waals surface area contributed by atoms with E-state index in [0.717, 1.165) is 16.8 Å². The highest BCUT2D eigenvalue weighted by Gasteiger charge is 2.06. The molecule has 15 heavy (non-hydrogen) atoms. The van der Waals surface area contributed by atoms with Crippen LogP contribution in [0, 0.1) is 20.8 Å². The van der Waals surface area contributed by atoms with Gasteiger partial charge in [0.1, 0.15) is 5.82 Å². The minimum Gasteiger partial charge on any atom is -0.244 e. The first-order chi connectivity index (χ1) is 7.08. The van der Waals surface area contributed by atoms with E-state index in [9.17, 15) is 4.79 Å². The number of aryl methyl sites for hydroxylation is 3. The Morgan fingerprint density at radius 2 is 2.00 bits per heavy atom. The van der Waals surface area contributed by atoms with Gasteiger partial charge in [-0.3, -0.25) is 0 Å². The average Bonchev–Trinajstić information content (AvgIpc) is 2.50. The molecule has 0 aliphatic heterocycles. The topological polar surface area (TPSA) is 50.7 Å². The minimum absolute atomic E-state index is 0.312. The van der Waals surface area contributed by atoms with Crippen LogP contribution in [0.25, 0.3) is 5.69 Å². The molecule has 2 aromatic rings. The molecule has 0 aliphatic carbocycles. The van der Waals surface area contributed by atoms with Gasteiger partial charge in [-0.2, -0.15) is 4.98 Å². The predicted octanol–water partition coefficient (Wildman–Crippen LogP) is 1.49. The standard InChI is InChI=1S/C11H13N3O/c1-7-4-5-8(2)10(6-7)14-9(3)12-11(15)13-14/h4-6H,1-3H3,(H,13,15). The second kappa shape index (κ2) is 3.38. The van der Waals surface area contributed by atoms with Crippen molar-refractivity contribution in [2.24, 2.45) is 0 Å². The summed E-state index contributed by atoms with van der Waals surface area (Å²) in [5, 5.41) is 2.68. The van der Waals surface area contributed by atoms with Crippen molar-refractivity contribution in [3.05, 3.63) is 45.6 Å². The van der Waals surface area contributed by atoms with E-state index in [-0.39, 0.29) is 5.69 Å². The van der Waals surface area contributed by atoms with E-state index in [1.54, 1.807) is 11.6 Å². The lowest BCUT2D eigenvalue weighted by atomic mass is 10.1. The van der Waals surface area contributed by atoms with E-state index in [1.807, 2.05) is 32.0 Å². The van der Waals surface area contributed by atoms with Crippen LogP contribution in [0.3, 0.4) is 0 Å². The number of benzene rings is 1. The van der Waals surface area contributed by atoms with E-state index in [0.29, 0.717) is 5.82 Å². The normalized spacial score (nSPS) is 10.6. The Labute approximate surface area is 87.6 Å². The van der Waals surface area contributed by atoms with Crippen LogP contribution >= 0.6 is 0 Å². The summed E-state index contributed by atoms with van der Waals surface area (Å²) in [5.41, 5.74) is 2.93. The third-order valence-electron chi connectivity index (χ3n) is 2.40. The molecule has 0 atom stereocenters. The van der Waals surface area contributed by atoms with Crippen molar-refractivity contribution in [1.82, 2.24) is 14.8 Å². The van der Waals surface area contributed by atoms with Gasteiger partial charge in [-0.1, -0.05) is 12.1 Å². The number of H-pyrrole nitrogens is 1. The molecule has 0 spiro atoms. The van der Waals surface area contributed by atoms with Crippen LogP contribution in [0.5, 0.6) is 0 Å². The molecule has 1 N–H and O–H groups in total. The van der Waals surface area contributed by atoms with E-state index < -0.39 is 0 Å². The quantitative estimate of drug-likeness (QED) is 0.763. The zero-order valence-corrected chi connectivity index (χ0v) is 9.03. The summed E-state index contributed by atoms with van der Waals surface area (Å²) >= 11 is 0. The fourth-order valence-electron chi connectivity index (χ4n) is 1.59. The molecule has 1 aromatic carbocycles. The fourth-order valence-corrected chi connectivity index (χ4v) is 1.59. The monoisotopic (exact) mass is 203 g/mol. The molecule has 78 valence electrons. The molecular weight excluding hydrogens is 190 g/mol. The molecular formula is C11H13N3O. The highest BCUT2D eigenvalue weighted by Crippen LogP contribution is 2.14. The molecule has 1 heterocycles. The summed E-state index contributed by atoms with van der Waals surface area (Å²) in [6.45, 7) is 5.83. The minimum atomic E-state index is -0.312. The number of nitrogens with zero attached hydrogens (tertiary/aromatic N) is 2. The number of rotatable bonds is 1. The molecule has 4 heteroatoms. The van der Waals surface area contributed by atoms with E-state index >= 15 is 0 Å². The zero-order chi connectivity index (χ0) is 11.0. The maximum Gasteiger partial charge on any atom is 0.361 e. The van der Waals surface area contributed by atoms with Crippen LogP contribution in [0.15, 0.2) is 23.0 Å². The van der Waals surface area contributed by atoms with Crippen LogP contribution in [-0.2, 0) is 0 Å². The van der Waals surface area contributed by atoms with E-state index in [4.69, 9.17) is 0 Å². The van der Waals surface area contributed by atoms with Crippen LogP contribution in [-0.4, -0.2) is 14.8 Å². The van der Waals surface area contributed by atoms with Crippen molar-refractivity contribution in [3.63, 3.8) is 0 Å². The number of hydrogen-bond acceptors (Lipinski definition) is 2. The van der Waals surface area contributed by atoms with Gasteiger partial charge in [0.15, 0.2) is 0 Å². The lowest BCUT2D eigenvalue weighted by Crippen LogP contribution is -2.06. The highest BCUT2D eigenvalue weighted by molar-refractivity contribution is 5.42. The van der Waals surface area contributed by atoms with Crippen LogP contribution in [0.2, 0.25) is 0 Å². The second-order valence-electron chi connectivity index (χ2n) is 3.70. The Morgan fingerprint density at radius 3 is 2.60 bits per heavy atom. The summed E-state index contributed by atoms with van der Waals surface area (Å²) in [6, 6.07) is 6.10. The first-order valence-electron chi connectivity index (χ1n) is 4.81. The van der Waals surface area contributed by atoms with E-state index in [1.165, 1.54) is 0 Å². The summed E-state index contributed by atoms with van der Waals surface area (Å²) in [5.74, 6) is 0.675. The summed E-state index contributed by atoms with van der Waals surface area (Å²) in [7, 11) is 0. The Bertz CT molecular complexity index is 551. The molecule has 0 saturated carbocycles. The molecule has 0 unspecified atom stereocenters. The van der Waals surface area contributed by atoms with Crippen molar-refractivity contribution in [3.8, 4) is 5.69 Å². The number of aromatic amines is 1. The van der Waals surface area contributed by atoms with Gasteiger partial charge in [-0.15, -0.1) is 0 Å². The molecule has 0 amide bonds. The molecule has 0 saturated heterocycles. The first-order valence-corrected chi connectivity index (χ1v) is 4.81. The third-order valence-corrected chi connectivity index (χ3v) is 2.40. The van der Waals surface area contributed by atoms with Crippen molar-refractivity contribution >= 4 is 0 Å². The smallest absolute Gasteiger partial charge is 0.244 e. The summed E-state index contributed by atoms with van der Waals surface area (Å²) < 4.78 is 1.71. The highest BCUT2D eigenvalue weighted by atomic mass is 16.1. The fraction of sp³-hybridized carbons (Fsp3) is 0.273. The Hall–Kier alpha value is -1.84.